The number of anilines is 2. The van der Waals surface area contributed by atoms with Crippen molar-refractivity contribution in [1.29, 1.82) is 5.26 Å². The molecule has 3 saturated heterocycles. The molecule has 4 amide bonds. The van der Waals surface area contributed by atoms with Crippen LogP contribution in [0.2, 0.25) is 0 Å². The third-order valence-corrected chi connectivity index (χ3v) is 13.2. The molecule has 2 aromatic carbocycles. The number of ether oxygens (including phenoxy) is 1. The fourth-order valence-electron chi connectivity index (χ4n) is 9.84. The van der Waals surface area contributed by atoms with Crippen LogP contribution in [0.15, 0.2) is 60.9 Å². The minimum atomic E-state index is -0.797. The molecule has 310 valence electrons. The Morgan fingerprint density at radius 3 is 2.40 bits per heavy atom. The molecule has 0 spiro atoms. The van der Waals surface area contributed by atoms with Gasteiger partial charge in [-0.25, -0.2) is 9.37 Å². The summed E-state index contributed by atoms with van der Waals surface area (Å²) in [6, 6.07) is 14.9. The molecular formula is C45H48FN9O5. The summed E-state index contributed by atoms with van der Waals surface area (Å²) in [6.07, 6.45) is 7.92. The zero-order valence-electron chi connectivity index (χ0n) is 33.5. The molecule has 5 aliphatic rings. The van der Waals surface area contributed by atoms with Crippen molar-refractivity contribution in [3.05, 3.63) is 89.0 Å². The van der Waals surface area contributed by atoms with E-state index in [1.165, 1.54) is 22.1 Å². The molecule has 9 rings (SSSR count). The third-order valence-electron chi connectivity index (χ3n) is 13.2. The van der Waals surface area contributed by atoms with E-state index < -0.39 is 17.8 Å². The van der Waals surface area contributed by atoms with E-state index in [2.05, 4.69) is 30.7 Å². The predicted molar refractivity (Wildman–Crippen MR) is 221 cm³/mol. The first-order valence-electron chi connectivity index (χ1n) is 21.1. The molecule has 1 atom stereocenters. The first-order valence-corrected chi connectivity index (χ1v) is 21.1. The molecule has 6 heterocycles. The van der Waals surface area contributed by atoms with E-state index >= 15 is 4.39 Å². The summed E-state index contributed by atoms with van der Waals surface area (Å²) >= 11 is 0. The van der Waals surface area contributed by atoms with Crippen molar-refractivity contribution in [3.63, 3.8) is 0 Å². The smallest absolute Gasteiger partial charge is 0.255 e. The number of imide groups is 1. The van der Waals surface area contributed by atoms with E-state index in [9.17, 15) is 24.4 Å². The fraction of sp³-hybridized carbons (Fsp3) is 0.444. The summed E-state index contributed by atoms with van der Waals surface area (Å²) in [4.78, 5) is 71.1. The van der Waals surface area contributed by atoms with Gasteiger partial charge in [0, 0.05) is 88.2 Å². The first-order chi connectivity index (χ1) is 29.1. The lowest BCUT2D eigenvalue weighted by molar-refractivity contribution is -0.156. The number of benzene rings is 2. The minimum absolute atomic E-state index is 0.130. The van der Waals surface area contributed by atoms with Crippen molar-refractivity contribution in [2.24, 2.45) is 11.7 Å². The van der Waals surface area contributed by atoms with E-state index in [1.54, 1.807) is 30.5 Å². The normalized spacial score (nSPS) is 22.9. The number of amides is 4. The summed E-state index contributed by atoms with van der Waals surface area (Å²) in [5.41, 5.74) is 8.27. The number of carbonyl (C=O) groups excluding carboxylic acids is 4. The van der Waals surface area contributed by atoms with E-state index in [1.807, 2.05) is 18.2 Å². The molecule has 0 radical (unpaired) electrons. The van der Waals surface area contributed by atoms with Crippen molar-refractivity contribution >= 4 is 46.0 Å². The van der Waals surface area contributed by atoms with Gasteiger partial charge < -0.3 is 25.2 Å². The maximum Gasteiger partial charge on any atom is 0.255 e. The maximum absolute atomic E-state index is 15.8. The summed E-state index contributed by atoms with van der Waals surface area (Å²) < 4.78 is 22.2. The summed E-state index contributed by atoms with van der Waals surface area (Å²) in [7, 11) is 0. The lowest BCUT2D eigenvalue weighted by Crippen LogP contribution is -2.58. The highest BCUT2D eigenvalue weighted by Gasteiger charge is 2.46. The Morgan fingerprint density at radius 2 is 1.68 bits per heavy atom. The number of likely N-dealkylation sites (tertiary alicyclic amines) is 1. The number of hydrogen-bond acceptors (Lipinski definition) is 11. The number of nitriles is 1. The highest BCUT2D eigenvalue weighted by atomic mass is 19.1. The van der Waals surface area contributed by atoms with Gasteiger partial charge in [0.05, 0.1) is 28.4 Å². The number of carbonyl (C=O) groups is 4. The van der Waals surface area contributed by atoms with Crippen LogP contribution >= 0.6 is 0 Å². The van der Waals surface area contributed by atoms with Gasteiger partial charge >= 0.3 is 0 Å². The van der Waals surface area contributed by atoms with Crippen molar-refractivity contribution in [2.75, 3.05) is 55.6 Å². The number of hydrogen-bond donors (Lipinski definition) is 1. The molecule has 1 saturated carbocycles. The van der Waals surface area contributed by atoms with E-state index in [-0.39, 0.29) is 54.8 Å². The molecule has 4 aromatic rings. The van der Waals surface area contributed by atoms with Crippen molar-refractivity contribution in [2.45, 2.75) is 76.1 Å². The van der Waals surface area contributed by atoms with E-state index in [4.69, 9.17) is 10.5 Å². The molecule has 4 aliphatic heterocycles. The number of pyridine rings is 2. The standard InChI is InChI=1S/C45H48FN9O5/c46-36-23-35-31(22-38(36)52-20-18-51(19-21-52)26-28-13-16-53(17-14-28)40-11-4-30(25-50-40)43(48)57)27-54(44(35)58)37-9-12-41(56)55(45(37)59)32-5-7-33(8-6-32)60-39-10-3-29(24-47)42-34(39)2-1-15-49-42/h1-4,10-11,15,22-23,25,28,32-33,37H,5-9,12-14,16-21,26-27H2,(H2,48,57)/t32?,33?,37-/m0/s1. The summed E-state index contributed by atoms with van der Waals surface area (Å²) in [6.45, 7) is 5.87. The monoisotopic (exact) mass is 813 g/mol. The average molecular weight is 814 g/mol. The van der Waals surface area contributed by atoms with Crippen molar-refractivity contribution in [3.8, 4) is 11.8 Å². The van der Waals surface area contributed by atoms with Crippen LogP contribution in [0.4, 0.5) is 15.9 Å². The Bertz CT molecular complexity index is 2360. The Morgan fingerprint density at radius 1 is 0.900 bits per heavy atom. The second kappa shape index (κ2) is 16.5. The van der Waals surface area contributed by atoms with Crippen LogP contribution in [0.3, 0.4) is 0 Å². The van der Waals surface area contributed by atoms with Gasteiger partial charge in [-0.1, -0.05) is 0 Å². The van der Waals surface area contributed by atoms with Crippen LogP contribution in [0.25, 0.3) is 10.9 Å². The van der Waals surface area contributed by atoms with Crippen LogP contribution in [-0.2, 0) is 16.1 Å². The number of piperidine rings is 2. The number of rotatable bonds is 9. The van der Waals surface area contributed by atoms with Gasteiger partial charge in [-0.05, 0) is 105 Å². The van der Waals surface area contributed by atoms with Gasteiger partial charge in [0.2, 0.25) is 11.8 Å². The first kappa shape index (κ1) is 39.3. The Labute approximate surface area is 347 Å². The zero-order valence-corrected chi connectivity index (χ0v) is 33.5. The highest BCUT2D eigenvalue weighted by molar-refractivity contribution is 6.06. The lowest BCUT2D eigenvalue weighted by Gasteiger charge is -2.41. The van der Waals surface area contributed by atoms with Crippen LogP contribution in [0.5, 0.6) is 5.75 Å². The second-order valence-corrected chi connectivity index (χ2v) is 16.7. The van der Waals surface area contributed by atoms with Crippen LogP contribution in [0, 0.1) is 23.1 Å². The molecule has 0 unspecified atom stereocenters. The lowest BCUT2D eigenvalue weighted by atomic mass is 9.89. The van der Waals surface area contributed by atoms with Gasteiger partial charge in [-0.2, -0.15) is 5.26 Å². The van der Waals surface area contributed by atoms with Crippen molar-refractivity contribution in [1.82, 2.24) is 24.7 Å². The average Bonchev–Trinajstić information content (AvgIpc) is 3.58. The van der Waals surface area contributed by atoms with Crippen LogP contribution < -0.4 is 20.3 Å². The Kier molecular flexibility index (Phi) is 10.8. The highest BCUT2D eigenvalue weighted by Crippen LogP contribution is 2.37. The molecule has 0 bridgehead atoms. The van der Waals surface area contributed by atoms with Crippen LogP contribution in [-0.4, -0.2) is 112 Å². The molecule has 4 fully saturated rings. The molecule has 2 aromatic heterocycles. The number of halogens is 1. The largest absolute Gasteiger partial charge is 0.490 e. The van der Waals surface area contributed by atoms with E-state index in [0.29, 0.717) is 78.3 Å². The van der Waals surface area contributed by atoms with Crippen LogP contribution in [0.1, 0.15) is 83.2 Å². The summed E-state index contributed by atoms with van der Waals surface area (Å²) in [5.74, 6) is 0.150. The van der Waals surface area contributed by atoms with Gasteiger partial charge in [-0.3, -0.25) is 34.0 Å². The SMILES string of the molecule is N#Cc1ccc(OC2CCC(N3C(=O)CC[C@H](N4Cc5cc(N6CCN(CC7CCN(c8ccc(C(N)=O)cn8)CC7)CC6)c(F)cc5C4=O)C3=O)CC2)c2cccnc12. The number of primary amides is 1. The third kappa shape index (κ3) is 7.60. The Balaban J connectivity index is 0.780. The van der Waals surface area contributed by atoms with Crippen molar-refractivity contribution < 1.29 is 28.3 Å². The molecule has 15 heteroatoms. The number of piperazine rings is 1. The zero-order chi connectivity index (χ0) is 41.5. The topological polar surface area (TPSA) is 169 Å². The number of nitrogens with zero attached hydrogens (tertiary/aromatic N) is 8. The summed E-state index contributed by atoms with van der Waals surface area (Å²) in [5, 5.41) is 10.3. The predicted octanol–water partition coefficient (Wildman–Crippen LogP) is 4.64. The molecule has 1 aliphatic carbocycles. The van der Waals surface area contributed by atoms with Gasteiger partial charge in [-0.15, -0.1) is 0 Å². The van der Waals surface area contributed by atoms with E-state index in [0.717, 1.165) is 56.8 Å². The van der Waals surface area contributed by atoms with Gasteiger partial charge in [0.15, 0.2) is 0 Å². The minimum Gasteiger partial charge on any atom is -0.490 e. The quantitative estimate of drug-likeness (QED) is 0.234. The Hall–Kier alpha value is -6.14. The molecule has 14 nitrogen and oxygen atoms in total. The number of nitrogens with two attached hydrogens (primary N) is 1. The molecule has 2 N–H and O–H groups in total. The fourth-order valence-corrected chi connectivity index (χ4v) is 9.84. The van der Waals surface area contributed by atoms with Gasteiger partial charge in [0.1, 0.15) is 29.5 Å². The maximum atomic E-state index is 15.8. The molecular weight excluding hydrogens is 766 g/mol. The van der Waals surface area contributed by atoms with Gasteiger partial charge in [0.25, 0.3) is 11.8 Å². The second-order valence-electron chi connectivity index (χ2n) is 16.7. The number of fused-ring (bicyclic) bond motifs is 2. The molecule has 60 heavy (non-hydrogen) atoms. The number of aromatic nitrogens is 2.